The molecule has 2 rings (SSSR count). The Bertz CT molecular complexity index is 393. The molecule has 0 bridgehead atoms. The first kappa shape index (κ1) is 13.2. The lowest BCUT2D eigenvalue weighted by Crippen LogP contribution is -2.37. The van der Waals surface area contributed by atoms with Gasteiger partial charge in [0.2, 0.25) is 0 Å². The molecule has 18 heavy (non-hydrogen) atoms. The monoisotopic (exact) mass is 248 g/mol. The highest BCUT2D eigenvalue weighted by Gasteiger charge is 2.20. The van der Waals surface area contributed by atoms with Gasteiger partial charge in [-0.25, -0.2) is 4.39 Å². The van der Waals surface area contributed by atoms with Gasteiger partial charge in [0.1, 0.15) is 5.82 Å². The van der Waals surface area contributed by atoms with Crippen molar-refractivity contribution >= 4 is 5.78 Å². The molecule has 1 heterocycles. The van der Waals surface area contributed by atoms with Gasteiger partial charge in [0.05, 0.1) is 6.54 Å². The molecule has 1 radical (unpaired) electrons. The molecule has 0 amide bonds. The van der Waals surface area contributed by atoms with Crippen molar-refractivity contribution in [2.24, 2.45) is 5.92 Å². The fourth-order valence-electron chi connectivity index (χ4n) is 2.36. The molecule has 3 heteroatoms. The second-order valence-corrected chi connectivity index (χ2v) is 4.94. The van der Waals surface area contributed by atoms with Gasteiger partial charge < -0.3 is 0 Å². The third-order valence-electron chi connectivity index (χ3n) is 3.65. The fraction of sp³-hybridized carbons (Fsp3) is 0.467. The summed E-state index contributed by atoms with van der Waals surface area (Å²) < 4.78 is 12.8. The minimum absolute atomic E-state index is 0.0723. The van der Waals surface area contributed by atoms with Gasteiger partial charge in [0.15, 0.2) is 5.78 Å². The Morgan fingerprint density at radius 2 is 1.89 bits per heavy atom. The predicted octanol–water partition coefficient (Wildman–Crippen LogP) is 2.94. The Balaban J connectivity index is 1.86. The fourth-order valence-corrected chi connectivity index (χ4v) is 2.36. The quantitative estimate of drug-likeness (QED) is 0.764. The molecule has 1 saturated heterocycles. The Kier molecular flexibility index (Phi) is 4.48. The van der Waals surface area contributed by atoms with Crippen molar-refractivity contribution in [1.82, 2.24) is 4.90 Å². The number of benzene rings is 1. The summed E-state index contributed by atoms with van der Waals surface area (Å²) in [7, 11) is 0. The third kappa shape index (κ3) is 3.39. The van der Waals surface area contributed by atoms with Crippen LogP contribution in [0.4, 0.5) is 4.39 Å². The zero-order chi connectivity index (χ0) is 13.0. The van der Waals surface area contributed by atoms with E-state index in [0.29, 0.717) is 18.0 Å². The molecule has 1 aromatic rings. The van der Waals surface area contributed by atoms with Crippen LogP contribution in [0.5, 0.6) is 0 Å². The minimum atomic E-state index is -0.303. The summed E-state index contributed by atoms with van der Waals surface area (Å²) in [6.07, 6.45) is 3.24. The Hall–Kier alpha value is -1.22. The van der Waals surface area contributed by atoms with E-state index in [0.717, 1.165) is 32.4 Å². The first-order valence-electron chi connectivity index (χ1n) is 6.49. The maximum absolute atomic E-state index is 12.8. The van der Waals surface area contributed by atoms with Crippen LogP contribution in [0.2, 0.25) is 0 Å². The number of nitrogens with zero attached hydrogens (tertiary/aromatic N) is 1. The van der Waals surface area contributed by atoms with Crippen molar-refractivity contribution in [1.29, 1.82) is 0 Å². The molecule has 1 aromatic carbocycles. The molecule has 0 aliphatic carbocycles. The number of halogens is 1. The topological polar surface area (TPSA) is 20.3 Å². The van der Waals surface area contributed by atoms with Gasteiger partial charge in [-0.3, -0.25) is 9.69 Å². The molecule has 0 atom stereocenters. The van der Waals surface area contributed by atoms with Gasteiger partial charge in [-0.15, -0.1) is 0 Å². The summed E-state index contributed by atoms with van der Waals surface area (Å²) in [6.45, 7) is 6.30. The number of ketones is 1. The largest absolute Gasteiger partial charge is 0.296 e. The summed E-state index contributed by atoms with van der Waals surface area (Å²) in [5.41, 5.74) is 0.593. The number of rotatable bonds is 4. The Labute approximate surface area is 108 Å². The molecule has 1 aliphatic heterocycles. The van der Waals surface area contributed by atoms with Crippen molar-refractivity contribution in [3.63, 3.8) is 0 Å². The molecule has 0 saturated carbocycles. The summed E-state index contributed by atoms with van der Waals surface area (Å²) in [4.78, 5) is 14.2. The van der Waals surface area contributed by atoms with Crippen LogP contribution in [-0.2, 0) is 0 Å². The van der Waals surface area contributed by atoms with Gasteiger partial charge >= 0.3 is 0 Å². The van der Waals surface area contributed by atoms with Crippen LogP contribution in [0, 0.1) is 18.7 Å². The molecule has 1 fully saturated rings. The van der Waals surface area contributed by atoms with E-state index < -0.39 is 0 Å². The zero-order valence-electron chi connectivity index (χ0n) is 10.6. The van der Waals surface area contributed by atoms with E-state index in [1.54, 1.807) is 12.1 Å². The molecule has 0 N–H and O–H groups in total. The second-order valence-electron chi connectivity index (χ2n) is 4.94. The van der Waals surface area contributed by atoms with Crippen molar-refractivity contribution < 1.29 is 9.18 Å². The summed E-state index contributed by atoms with van der Waals surface area (Å²) in [5, 5.41) is 0. The maximum Gasteiger partial charge on any atom is 0.176 e. The number of carbonyl (C=O) groups is 1. The van der Waals surface area contributed by atoms with Crippen LogP contribution in [0.25, 0.3) is 0 Å². The minimum Gasteiger partial charge on any atom is -0.296 e. The van der Waals surface area contributed by atoms with E-state index >= 15 is 0 Å². The zero-order valence-corrected chi connectivity index (χ0v) is 10.6. The summed E-state index contributed by atoms with van der Waals surface area (Å²) in [5.74, 6) is 0.480. The average molecular weight is 248 g/mol. The van der Waals surface area contributed by atoms with E-state index in [1.165, 1.54) is 12.1 Å². The number of likely N-dealkylation sites (tertiary alicyclic amines) is 1. The van der Waals surface area contributed by atoms with Crippen molar-refractivity contribution in [3.8, 4) is 0 Å². The van der Waals surface area contributed by atoms with Gasteiger partial charge in [0.25, 0.3) is 0 Å². The van der Waals surface area contributed by atoms with Crippen molar-refractivity contribution in [3.05, 3.63) is 42.6 Å². The number of hydrogen-bond acceptors (Lipinski definition) is 2. The molecular weight excluding hydrogens is 229 g/mol. The average Bonchev–Trinajstić information content (AvgIpc) is 2.40. The third-order valence-corrected chi connectivity index (χ3v) is 3.65. The summed E-state index contributed by atoms with van der Waals surface area (Å²) in [6, 6.07) is 5.78. The Morgan fingerprint density at radius 3 is 2.44 bits per heavy atom. The van der Waals surface area contributed by atoms with Crippen molar-refractivity contribution in [2.45, 2.75) is 19.3 Å². The highest BCUT2D eigenvalue weighted by Crippen LogP contribution is 2.19. The van der Waals surface area contributed by atoms with E-state index in [9.17, 15) is 9.18 Å². The summed E-state index contributed by atoms with van der Waals surface area (Å²) >= 11 is 0. The van der Waals surface area contributed by atoms with E-state index in [4.69, 9.17) is 0 Å². The molecule has 0 spiro atoms. The van der Waals surface area contributed by atoms with E-state index in [-0.39, 0.29) is 11.6 Å². The first-order chi connectivity index (χ1) is 8.69. The molecule has 97 valence electrons. The smallest absolute Gasteiger partial charge is 0.176 e. The normalized spacial score (nSPS) is 17.9. The number of piperidine rings is 1. The molecule has 1 aliphatic rings. The van der Waals surface area contributed by atoms with E-state index in [1.807, 2.05) is 0 Å². The number of hydrogen-bond donors (Lipinski definition) is 0. The first-order valence-corrected chi connectivity index (χ1v) is 6.49. The lowest BCUT2D eigenvalue weighted by Gasteiger charge is -2.30. The highest BCUT2D eigenvalue weighted by molar-refractivity contribution is 5.97. The number of Topliss-reactive ketones (excluding diaryl/α,β-unsaturated/α-hetero) is 1. The van der Waals surface area contributed by atoms with Crippen LogP contribution in [0.3, 0.4) is 0 Å². The predicted molar refractivity (Wildman–Crippen MR) is 69.9 cm³/mol. The lowest BCUT2D eigenvalue weighted by atomic mass is 9.94. The van der Waals surface area contributed by atoms with Gasteiger partial charge in [-0.1, -0.05) is 13.3 Å². The van der Waals surface area contributed by atoms with Crippen LogP contribution >= 0.6 is 0 Å². The van der Waals surface area contributed by atoms with Crippen LogP contribution in [0.1, 0.15) is 29.6 Å². The SMILES string of the molecule is [CH2]CC1CCN(CC(=O)c2ccc(F)cc2)CC1. The Morgan fingerprint density at radius 1 is 1.28 bits per heavy atom. The van der Waals surface area contributed by atoms with Crippen LogP contribution in [0.15, 0.2) is 24.3 Å². The lowest BCUT2D eigenvalue weighted by molar-refractivity contribution is 0.0896. The molecule has 2 nitrogen and oxygen atoms in total. The van der Waals surface area contributed by atoms with Gasteiger partial charge in [-0.2, -0.15) is 0 Å². The number of carbonyl (C=O) groups excluding carboxylic acids is 1. The van der Waals surface area contributed by atoms with Crippen molar-refractivity contribution in [2.75, 3.05) is 19.6 Å². The second kappa shape index (κ2) is 6.10. The maximum atomic E-state index is 12.8. The standard InChI is InChI=1S/C15H19FNO/c1-2-12-7-9-17(10-8-12)11-15(18)13-3-5-14(16)6-4-13/h3-6,12H,1-2,7-11H2. The molecular formula is C15H19FNO. The molecule has 0 unspecified atom stereocenters. The van der Waals surface area contributed by atoms with Gasteiger partial charge in [-0.05, 0) is 56.1 Å². The molecule has 0 aromatic heterocycles. The van der Waals surface area contributed by atoms with Crippen LogP contribution < -0.4 is 0 Å². The van der Waals surface area contributed by atoms with Crippen LogP contribution in [-0.4, -0.2) is 30.3 Å². The highest BCUT2D eigenvalue weighted by atomic mass is 19.1. The van der Waals surface area contributed by atoms with E-state index in [2.05, 4.69) is 11.8 Å². The van der Waals surface area contributed by atoms with Gasteiger partial charge in [0, 0.05) is 5.56 Å².